The quantitative estimate of drug-likeness (QED) is 0.0239. The molecule has 0 rings (SSSR count). The Hall–Kier alpha value is -1.32. The predicted molar refractivity (Wildman–Crippen MR) is 228 cm³/mol. The molecule has 3 N–H and O–H groups in total. The molecule has 0 radical (unpaired) electrons. The van der Waals surface area contributed by atoms with Gasteiger partial charge in [-0.05, 0) is 70.6 Å². The van der Waals surface area contributed by atoms with Crippen molar-refractivity contribution in [2.24, 2.45) is 0 Å². The molecule has 3 atom stereocenters. The molecule has 10 heteroatoms. The van der Waals surface area contributed by atoms with Gasteiger partial charge < -0.3 is 24.6 Å². The number of unbranched alkanes of at least 4 members (excludes halogenated alkanes) is 23. The number of esters is 1. The van der Waals surface area contributed by atoms with E-state index in [-0.39, 0.29) is 19.6 Å². The van der Waals surface area contributed by atoms with Crippen LogP contribution in [0.15, 0.2) is 36.5 Å². The van der Waals surface area contributed by atoms with Gasteiger partial charge in [0.05, 0.1) is 26.4 Å². The van der Waals surface area contributed by atoms with Crippen molar-refractivity contribution in [1.82, 2.24) is 0 Å². The summed E-state index contributed by atoms with van der Waals surface area (Å²) in [6, 6.07) is 0. The monoisotopic (exact) mass is 801 g/mol. The number of ether oxygens (including phenoxy) is 2. The fourth-order valence-electron chi connectivity index (χ4n) is 6.09. The molecule has 0 bridgehead atoms. The predicted octanol–water partition coefficient (Wildman–Crippen LogP) is 12.4. The Morgan fingerprint density at radius 1 is 0.564 bits per heavy atom. The number of carbonyl (C=O) groups excluding carboxylic acids is 1. The van der Waals surface area contributed by atoms with Crippen LogP contribution in [0, 0.1) is 0 Å². The van der Waals surface area contributed by atoms with Gasteiger partial charge in [0.2, 0.25) is 0 Å². The van der Waals surface area contributed by atoms with Crippen LogP contribution in [0.4, 0.5) is 0 Å². The molecule has 0 aromatic heterocycles. The molecule has 0 aromatic carbocycles. The fraction of sp³-hybridized carbons (Fsp3) is 0.844. The number of aliphatic hydroxyl groups excluding tert-OH is 2. The summed E-state index contributed by atoms with van der Waals surface area (Å²) in [7, 11) is -4.52. The Morgan fingerprint density at radius 2 is 0.982 bits per heavy atom. The van der Waals surface area contributed by atoms with Gasteiger partial charge in [0.15, 0.2) is 0 Å². The molecule has 0 aromatic rings. The second kappa shape index (κ2) is 42.3. The first-order valence-corrected chi connectivity index (χ1v) is 24.0. The van der Waals surface area contributed by atoms with Crippen LogP contribution in [0.2, 0.25) is 0 Å². The minimum Gasteiger partial charge on any atom is -0.457 e. The summed E-state index contributed by atoms with van der Waals surface area (Å²) in [6.07, 6.45) is 45.2. The van der Waals surface area contributed by atoms with E-state index < -0.39 is 39.2 Å². The molecule has 0 aliphatic heterocycles. The normalized spacial score (nSPS) is 14.3. The van der Waals surface area contributed by atoms with Gasteiger partial charge in [-0.2, -0.15) is 0 Å². The molecule has 324 valence electrons. The highest BCUT2D eigenvalue weighted by Gasteiger charge is 2.26. The molecule has 55 heavy (non-hydrogen) atoms. The minimum atomic E-state index is -4.52. The zero-order valence-corrected chi connectivity index (χ0v) is 36.3. The van der Waals surface area contributed by atoms with Crippen molar-refractivity contribution < 1.29 is 43.0 Å². The lowest BCUT2D eigenvalue weighted by atomic mass is 10.1. The van der Waals surface area contributed by atoms with Crippen LogP contribution in [-0.2, 0) is 27.9 Å². The largest absolute Gasteiger partial charge is 0.472 e. The molecule has 0 saturated carbocycles. The first kappa shape index (κ1) is 53.7. The fourth-order valence-corrected chi connectivity index (χ4v) is 6.88. The third-order valence-corrected chi connectivity index (χ3v) is 10.5. The van der Waals surface area contributed by atoms with Gasteiger partial charge >= 0.3 is 13.8 Å². The lowest BCUT2D eigenvalue weighted by Crippen LogP contribution is -2.29. The highest BCUT2D eigenvalue weighted by atomic mass is 31.2. The van der Waals surface area contributed by atoms with Crippen LogP contribution < -0.4 is 0 Å². The summed E-state index contributed by atoms with van der Waals surface area (Å²) < 4.78 is 33.4. The molecule has 0 aliphatic rings. The number of rotatable bonds is 43. The van der Waals surface area contributed by atoms with E-state index in [0.29, 0.717) is 6.61 Å². The average molecular weight is 801 g/mol. The zero-order chi connectivity index (χ0) is 40.3. The van der Waals surface area contributed by atoms with E-state index in [9.17, 15) is 19.4 Å². The molecule has 3 unspecified atom stereocenters. The van der Waals surface area contributed by atoms with Gasteiger partial charge in [-0.1, -0.05) is 159 Å². The molecule has 0 amide bonds. The van der Waals surface area contributed by atoms with Crippen molar-refractivity contribution in [3.8, 4) is 0 Å². The van der Waals surface area contributed by atoms with Crippen LogP contribution in [-0.4, -0.2) is 66.3 Å². The number of carbonyl (C=O) groups is 1. The van der Waals surface area contributed by atoms with Crippen molar-refractivity contribution in [1.29, 1.82) is 0 Å². The summed E-state index contributed by atoms with van der Waals surface area (Å²) in [5, 5.41) is 18.4. The molecule has 0 fully saturated rings. The molecule has 0 heterocycles. The molecule has 0 aliphatic carbocycles. The van der Waals surface area contributed by atoms with Crippen LogP contribution in [0.5, 0.6) is 0 Å². The molecular weight excluding hydrogens is 715 g/mol. The molecule has 0 saturated heterocycles. The van der Waals surface area contributed by atoms with Crippen LogP contribution in [0.25, 0.3) is 0 Å². The Bertz CT molecular complexity index is 955. The number of aliphatic hydroxyl groups is 2. The van der Waals surface area contributed by atoms with Gasteiger partial charge in [-0.15, -0.1) is 0 Å². The van der Waals surface area contributed by atoms with Crippen molar-refractivity contribution in [3.05, 3.63) is 36.5 Å². The van der Waals surface area contributed by atoms with E-state index in [2.05, 4.69) is 50.3 Å². The van der Waals surface area contributed by atoms with Crippen LogP contribution >= 0.6 is 7.82 Å². The summed E-state index contributed by atoms with van der Waals surface area (Å²) in [6.45, 7) is 3.48. The van der Waals surface area contributed by atoms with Crippen LogP contribution in [0.1, 0.15) is 200 Å². The third-order valence-electron chi connectivity index (χ3n) is 9.55. The van der Waals surface area contributed by atoms with Gasteiger partial charge in [-0.3, -0.25) is 13.8 Å². The first-order chi connectivity index (χ1) is 26.8. The minimum absolute atomic E-state index is 0.0428. The summed E-state index contributed by atoms with van der Waals surface area (Å²) >= 11 is 0. The van der Waals surface area contributed by atoms with Crippen molar-refractivity contribution in [2.75, 3.05) is 33.0 Å². The van der Waals surface area contributed by atoms with Gasteiger partial charge in [0, 0.05) is 13.0 Å². The van der Waals surface area contributed by atoms with Gasteiger partial charge in [0.1, 0.15) is 12.2 Å². The second-order valence-corrected chi connectivity index (χ2v) is 16.5. The maximum Gasteiger partial charge on any atom is 0.472 e. The summed E-state index contributed by atoms with van der Waals surface area (Å²) in [5.41, 5.74) is 0. The maximum atomic E-state index is 12.6. The molecule has 9 nitrogen and oxygen atoms in total. The highest BCUT2D eigenvalue weighted by Crippen LogP contribution is 2.43. The smallest absolute Gasteiger partial charge is 0.457 e. The first-order valence-electron chi connectivity index (χ1n) is 22.5. The average Bonchev–Trinajstić information content (AvgIpc) is 3.18. The number of phosphoric ester groups is 1. The van der Waals surface area contributed by atoms with Crippen molar-refractivity contribution >= 4 is 13.8 Å². The van der Waals surface area contributed by atoms with E-state index in [4.69, 9.17) is 23.6 Å². The topological polar surface area (TPSA) is 132 Å². The Morgan fingerprint density at radius 3 is 1.51 bits per heavy atom. The van der Waals surface area contributed by atoms with Gasteiger partial charge in [0.25, 0.3) is 0 Å². The van der Waals surface area contributed by atoms with Crippen LogP contribution in [0.3, 0.4) is 0 Å². The third kappa shape index (κ3) is 42.1. The molecule has 0 spiro atoms. The summed E-state index contributed by atoms with van der Waals surface area (Å²) in [5.74, 6) is -0.392. The number of phosphoric acid groups is 1. The lowest BCUT2D eigenvalue weighted by molar-refractivity contribution is -0.154. The standard InChI is InChI=1S/C45H85O9P/c1-3-5-7-9-11-13-15-17-19-21-23-25-27-29-31-33-35-37-45(48)54-44(42-53-55(49,50)52-40-43(47)39-46)41-51-38-36-34-32-30-28-26-24-22-20-18-16-14-12-10-8-6-4-2/h11,13,17,19-20,22,43-44,46-47H,3-10,12,14-16,18,21,23-42H2,1-2H3,(H,49,50)/b13-11-,19-17-,22-20-. The Kier molecular flexibility index (Phi) is 41.3. The van der Waals surface area contributed by atoms with E-state index in [1.807, 2.05) is 0 Å². The highest BCUT2D eigenvalue weighted by molar-refractivity contribution is 7.47. The van der Waals surface area contributed by atoms with Gasteiger partial charge in [-0.25, -0.2) is 4.57 Å². The van der Waals surface area contributed by atoms with Crippen molar-refractivity contribution in [3.63, 3.8) is 0 Å². The Labute approximate surface area is 337 Å². The second-order valence-electron chi connectivity index (χ2n) is 15.1. The van der Waals surface area contributed by atoms with Crippen molar-refractivity contribution in [2.45, 2.75) is 212 Å². The van der Waals surface area contributed by atoms with E-state index in [1.165, 1.54) is 116 Å². The number of hydrogen-bond donors (Lipinski definition) is 3. The van der Waals surface area contributed by atoms with E-state index >= 15 is 0 Å². The number of hydrogen-bond acceptors (Lipinski definition) is 8. The SMILES string of the molecule is CCCCC/C=C\C/C=C\CCCCCCCCCC(=O)OC(COCCCCCCCC/C=C\CCCCCCCCC)COP(=O)(O)OCC(O)CO. The van der Waals surface area contributed by atoms with E-state index in [0.717, 1.165) is 64.2 Å². The molecular formula is C45H85O9P. The lowest BCUT2D eigenvalue weighted by Gasteiger charge is -2.20. The Balaban J connectivity index is 4.17. The summed E-state index contributed by atoms with van der Waals surface area (Å²) in [4.78, 5) is 22.6. The van der Waals surface area contributed by atoms with E-state index in [1.54, 1.807) is 0 Å². The zero-order valence-electron chi connectivity index (χ0n) is 35.4. The maximum absolute atomic E-state index is 12.6. The number of allylic oxidation sites excluding steroid dienone is 6.